The second-order valence-corrected chi connectivity index (χ2v) is 7.07. The van der Waals surface area contributed by atoms with Crippen LogP contribution in [-0.4, -0.2) is 21.4 Å². The molecule has 1 unspecified atom stereocenters. The highest BCUT2D eigenvalue weighted by molar-refractivity contribution is 9.10. The maximum atomic E-state index is 12.6. The van der Waals surface area contributed by atoms with E-state index in [4.69, 9.17) is 23.2 Å². The molecule has 3 aromatic rings. The Morgan fingerprint density at radius 2 is 1.77 bits per heavy atom. The molecule has 8 heteroatoms. The maximum absolute atomic E-state index is 12.6. The summed E-state index contributed by atoms with van der Waals surface area (Å²) in [7, 11) is 0. The molecule has 0 fully saturated rings. The molecule has 1 atom stereocenters. The van der Waals surface area contributed by atoms with Gasteiger partial charge in [0.25, 0.3) is 5.56 Å². The molecule has 2 N–H and O–H groups in total. The SMILES string of the molecule is O=c1c(Br)c(NCC(O)c2ccccc2)cnn1-c1c(Cl)cccc1Cl. The van der Waals surface area contributed by atoms with Gasteiger partial charge in [0.15, 0.2) is 0 Å². The molecule has 0 aliphatic carbocycles. The summed E-state index contributed by atoms with van der Waals surface area (Å²) in [6, 6.07) is 14.2. The van der Waals surface area contributed by atoms with Crippen LogP contribution in [0.15, 0.2) is 64.0 Å². The number of nitrogens with zero attached hydrogens (tertiary/aromatic N) is 2. The first-order valence-corrected chi connectivity index (χ1v) is 9.23. The van der Waals surface area contributed by atoms with E-state index in [0.29, 0.717) is 21.4 Å². The Hall–Kier alpha value is -1.86. The van der Waals surface area contributed by atoms with Crippen LogP contribution in [0, 0.1) is 0 Å². The maximum Gasteiger partial charge on any atom is 0.288 e. The molecule has 5 nitrogen and oxygen atoms in total. The van der Waals surface area contributed by atoms with Crippen LogP contribution in [0.4, 0.5) is 5.69 Å². The molecule has 0 spiro atoms. The largest absolute Gasteiger partial charge is 0.387 e. The molecule has 26 heavy (non-hydrogen) atoms. The topological polar surface area (TPSA) is 67.2 Å². The van der Waals surface area contributed by atoms with Crippen LogP contribution in [0.5, 0.6) is 0 Å². The molecule has 134 valence electrons. The molecule has 1 aromatic heterocycles. The summed E-state index contributed by atoms with van der Waals surface area (Å²) in [6.07, 6.45) is 0.756. The molecule has 0 aliphatic heterocycles. The van der Waals surface area contributed by atoms with Crippen LogP contribution in [0.25, 0.3) is 5.69 Å². The fourth-order valence-electron chi connectivity index (χ4n) is 2.41. The van der Waals surface area contributed by atoms with Gasteiger partial charge in [-0.2, -0.15) is 9.78 Å². The van der Waals surface area contributed by atoms with Crippen LogP contribution in [-0.2, 0) is 0 Å². The van der Waals surface area contributed by atoms with Crippen LogP contribution in [0.1, 0.15) is 11.7 Å². The lowest BCUT2D eigenvalue weighted by Crippen LogP contribution is -2.24. The fourth-order valence-corrected chi connectivity index (χ4v) is 3.37. The van der Waals surface area contributed by atoms with E-state index in [0.717, 1.165) is 10.2 Å². The number of nitrogens with one attached hydrogen (secondary N) is 1. The van der Waals surface area contributed by atoms with Crippen molar-refractivity contribution in [1.82, 2.24) is 9.78 Å². The summed E-state index contributed by atoms with van der Waals surface area (Å²) in [5.41, 5.74) is 1.14. The van der Waals surface area contributed by atoms with E-state index in [-0.39, 0.29) is 11.0 Å². The number of aromatic nitrogens is 2. The van der Waals surface area contributed by atoms with E-state index in [1.807, 2.05) is 30.3 Å². The van der Waals surface area contributed by atoms with Crippen LogP contribution < -0.4 is 10.9 Å². The number of hydrogen-bond acceptors (Lipinski definition) is 4. The normalized spacial score (nSPS) is 12.0. The van der Waals surface area contributed by atoms with Gasteiger partial charge < -0.3 is 10.4 Å². The molecule has 0 amide bonds. The number of halogens is 3. The van der Waals surface area contributed by atoms with Crippen molar-refractivity contribution < 1.29 is 5.11 Å². The van der Waals surface area contributed by atoms with Gasteiger partial charge in [-0.25, -0.2) is 0 Å². The summed E-state index contributed by atoms with van der Waals surface area (Å²) in [5, 5.41) is 18.0. The highest BCUT2D eigenvalue weighted by Crippen LogP contribution is 2.28. The van der Waals surface area contributed by atoms with Crippen molar-refractivity contribution in [3.8, 4) is 5.69 Å². The van der Waals surface area contributed by atoms with E-state index < -0.39 is 11.7 Å². The second-order valence-electron chi connectivity index (χ2n) is 5.47. The van der Waals surface area contributed by atoms with Crippen molar-refractivity contribution >= 4 is 44.8 Å². The third-order valence-electron chi connectivity index (χ3n) is 3.74. The minimum atomic E-state index is -0.719. The van der Waals surface area contributed by atoms with Crippen molar-refractivity contribution in [3.63, 3.8) is 0 Å². The Kier molecular flexibility index (Phi) is 5.98. The monoisotopic (exact) mass is 453 g/mol. The van der Waals surface area contributed by atoms with Gasteiger partial charge in [0.2, 0.25) is 0 Å². The van der Waals surface area contributed by atoms with E-state index in [2.05, 4.69) is 26.3 Å². The lowest BCUT2D eigenvalue weighted by atomic mass is 10.1. The van der Waals surface area contributed by atoms with Gasteiger partial charge in [-0.15, -0.1) is 0 Å². The number of hydrogen-bond donors (Lipinski definition) is 2. The second kappa shape index (κ2) is 8.22. The number of aliphatic hydroxyl groups excluding tert-OH is 1. The summed E-state index contributed by atoms with van der Waals surface area (Å²) in [4.78, 5) is 12.6. The average molecular weight is 455 g/mol. The van der Waals surface area contributed by atoms with Crippen LogP contribution >= 0.6 is 39.1 Å². The number of para-hydroxylation sites is 1. The smallest absolute Gasteiger partial charge is 0.288 e. The quantitative estimate of drug-likeness (QED) is 0.597. The van der Waals surface area contributed by atoms with Crippen molar-refractivity contribution in [1.29, 1.82) is 0 Å². The molecule has 0 aliphatic rings. The third kappa shape index (κ3) is 3.94. The Bertz CT molecular complexity index is 960. The van der Waals surface area contributed by atoms with Gasteiger partial charge >= 0.3 is 0 Å². The van der Waals surface area contributed by atoms with Gasteiger partial charge in [0.05, 0.1) is 28.0 Å². The van der Waals surface area contributed by atoms with Crippen molar-refractivity contribution in [2.45, 2.75) is 6.10 Å². The number of aliphatic hydroxyl groups is 1. The van der Waals surface area contributed by atoms with Crippen LogP contribution in [0.3, 0.4) is 0 Å². The fraction of sp³-hybridized carbons (Fsp3) is 0.111. The van der Waals surface area contributed by atoms with E-state index in [9.17, 15) is 9.90 Å². The Labute approximate surface area is 168 Å². The minimum Gasteiger partial charge on any atom is -0.387 e. The van der Waals surface area contributed by atoms with Crippen molar-refractivity contribution in [3.05, 3.63) is 85.2 Å². The molecule has 0 saturated carbocycles. The predicted molar refractivity (Wildman–Crippen MR) is 107 cm³/mol. The molecule has 0 saturated heterocycles. The highest BCUT2D eigenvalue weighted by Gasteiger charge is 2.16. The van der Waals surface area contributed by atoms with Gasteiger partial charge in [-0.05, 0) is 33.6 Å². The van der Waals surface area contributed by atoms with Gasteiger partial charge in [0.1, 0.15) is 10.2 Å². The number of rotatable bonds is 5. The summed E-state index contributed by atoms with van der Waals surface area (Å²) >= 11 is 15.6. The zero-order valence-corrected chi connectivity index (χ0v) is 16.5. The van der Waals surface area contributed by atoms with E-state index in [1.54, 1.807) is 18.2 Å². The average Bonchev–Trinajstić information content (AvgIpc) is 2.64. The standard InChI is InChI=1S/C18H14BrCl2N3O2/c19-16-14(22-10-15(25)11-5-2-1-3-6-11)9-23-24(18(16)26)17-12(20)7-4-8-13(17)21/h1-9,15,22,25H,10H2. The predicted octanol–water partition coefficient (Wildman–Crippen LogP) is 4.45. The Morgan fingerprint density at radius 1 is 1.12 bits per heavy atom. The summed E-state index contributed by atoms with van der Waals surface area (Å²) < 4.78 is 1.40. The van der Waals surface area contributed by atoms with Crippen molar-refractivity contribution in [2.75, 3.05) is 11.9 Å². The van der Waals surface area contributed by atoms with E-state index in [1.165, 1.54) is 6.20 Å². The van der Waals surface area contributed by atoms with Crippen molar-refractivity contribution in [2.24, 2.45) is 0 Å². The zero-order valence-electron chi connectivity index (χ0n) is 13.4. The number of anilines is 1. The minimum absolute atomic E-state index is 0.223. The van der Waals surface area contributed by atoms with E-state index >= 15 is 0 Å². The molecule has 0 bridgehead atoms. The Balaban J connectivity index is 1.85. The molecule has 1 heterocycles. The molecule has 3 rings (SSSR count). The highest BCUT2D eigenvalue weighted by atomic mass is 79.9. The summed E-state index contributed by atoms with van der Waals surface area (Å²) in [5.74, 6) is 0. The zero-order chi connectivity index (χ0) is 18.7. The summed E-state index contributed by atoms with van der Waals surface area (Å²) in [6.45, 7) is 0.223. The van der Waals surface area contributed by atoms with Gasteiger partial charge in [-0.3, -0.25) is 4.79 Å². The lowest BCUT2D eigenvalue weighted by molar-refractivity contribution is 0.191. The van der Waals surface area contributed by atoms with Gasteiger partial charge in [0, 0.05) is 6.54 Å². The van der Waals surface area contributed by atoms with Gasteiger partial charge in [-0.1, -0.05) is 59.6 Å². The molecule has 2 aromatic carbocycles. The first-order valence-electron chi connectivity index (χ1n) is 7.68. The van der Waals surface area contributed by atoms with Crippen LogP contribution in [0.2, 0.25) is 10.0 Å². The lowest BCUT2D eigenvalue weighted by Gasteiger charge is -2.15. The first-order chi connectivity index (χ1) is 12.5. The first kappa shape index (κ1) is 18.9. The number of benzene rings is 2. The third-order valence-corrected chi connectivity index (χ3v) is 5.11. The molecular weight excluding hydrogens is 441 g/mol. The molecular formula is C18H14BrCl2N3O2. The Morgan fingerprint density at radius 3 is 2.42 bits per heavy atom. The molecule has 0 radical (unpaired) electrons.